The number of halogens is 1. The fourth-order valence-electron chi connectivity index (χ4n) is 2.33. The van der Waals surface area contributed by atoms with Gasteiger partial charge in [0.1, 0.15) is 11.6 Å². The number of ether oxygens (including phenoxy) is 1. The molecule has 4 nitrogen and oxygen atoms in total. The van der Waals surface area contributed by atoms with Gasteiger partial charge in [0.25, 0.3) is 0 Å². The van der Waals surface area contributed by atoms with Crippen LogP contribution in [0.5, 0.6) is 5.75 Å². The molecule has 0 radical (unpaired) electrons. The van der Waals surface area contributed by atoms with Crippen LogP contribution in [-0.4, -0.2) is 17.0 Å². The molecule has 114 valence electrons. The fourth-order valence-corrected chi connectivity index (χ4v) is 2.33. The van der Waals surface area contributed by atoms with E-state index in [0.29, 0.717) is 0 Å². The van der Waals surface area contributed by atoms with Gasteiger partial charge in [-0.15, -0.1) is 0 Å². The zero-order valence-electron chi connectivity index (χ0n) is 11.8. The van der Waals surface area contributed by atoms with E-state index in [2.05, 4.69) is 0 Å². The molecule has 0 aliphatic carbocycles. The molecule has 0 aromatic heterocycles. The maximum atomic E-state index is 13.0. The molecule has 3 rings (SSSR count). The molecular weight excluding hydrogens is 299 g/mol. The Labute approximate surface area is 130 Å². The summed E-state index contributed by atoms with van der Waals surface area (Å²) in [7, 11) is 0. The normalized spacial score (nSPS) is 10.5. The molecule has 5 heteroatoms. The standard InChI is InChI=1S/C18H11FO4/c19-14-7-5-11(6-8-14)17(20)15-9-12-3-1-2-4-13(12)10-16(15)23-18(21)22/h1-10H,(H,21,22). The van der Waals surface area contributed by atoms with E-state index in [0.717, 1.165) is 10.8 Å². The Morgan fingerprint density at radius 1 is 0.913 bits per heavy atom. The lowest BCUT2D eigenvalue weighted by atomic mass is 9.99. The summed E-state index contributed by atoms with van der Waals surface area (Å²) in [6.07, 6.45) is -1.51. The van der Waals surface area contributed by atoms with Crippen molar-refractivity contribution in [1.29, 1.82) is 0 Å². The van der Waals surface area contributed by atoms with E-state index in [9.17, 15) is 14.0 Å². The molecule has 0 atom stereocenters. The Morgan fingerprint density at radius 2 is 1.52 bits per heavy atom. The van der Waals surface area contributed by atoms with Crippen LogP contribution in [0.3, 0.4) is 0 Å². The number of hydrogen-bond donors (Lipinski definition) is 1. The lowest BCUT2D eigenvalue weighted by molar-refractivity contribution is 0.103. The van der Waals surface area contributed by atoms with Crippen molar-refractivity contribution in [1.82, 2.24) is 0 Å². The predicted molar refractivity (Wildman–Crippen MR) is 82.4 cm³/mol. The third-order valence-electron chi connectivity index (χ3n) is 3.40. The zero-order chi connectivity index (χ0) is 16.4. The van der Waals surface area contributed by atoms with Crippen molar-refractivity contribution < 1.29 is 23.8 Å². The predicted octanol–water partition coefficient (Wildman–Crippen LogP) is 4.27. The van der Waals surface area contributed by atoms with Crippen LogP contribution in [0, 0.1) is 5.82 Å². The number of rotatable bonds is 3. The zero-order valence-corrected chi connectivity index (χ0v) is 11.8. The Kier molecular flexibility index (Phi) is 3.76. The first kappa shape index (κ1) is 14.7. The molecule has 3 aromatic carbocycles. The van der Waals surface area contributed by atoms with E-state index >= 15 is 0 Å². The van der Waals surface area contributed by atoms with Crippen LogP contribution in [-0.2, 0) is 0 Å². The number of carbonyl (C=O) groups is 2. The van der Waals surface area contributed by atoms with Gasteiger partial charge in [-0.3, -0.25) is 4.79 Å². The van der Waals surface area contributed by atoms with Gasteiger partial charge in [0.2, 0.25) is 0 Å². The van der Waals surface area contributed by atoms with Crippen molar-refractivity contribution in [2.24, 2.45) is 0 Å². The Balaban J connectivity index is 2.15. The summed E-state index contributed by atoms with van der Waals surface area (Å²) in [6.45, 7) is 0. The molecule has 0 aliphatic rings. The minimum absolute atomic E-state index is 0.0504. The van der Waals surface area contributed by atoms with Crippen molar-refractivity contribution in [3.8, 4) is 5.75 Å². The topological polar surface area (TPSA) is 63.6 Å². The molecule has 0 fully saturated rings. The van der Waals surface area contributed by atoms with Gasteiger partial charge in [-0.1, -0.05) is 24.3 Å². The molecule has 1 N–H and O–H groups in total. The lowest BCUT2D eigenvalue weighted by Gasteiger charge is -2.10. The third-order valence-corrected chi connectivity index (χ3v) is 3.40. The summed E-state index contributed by atoms with van der Waals surface area (Å²) in [6, 6.07) is 15.3. The SMILES string of the molecule is O=C(O)Oc1cc2ccccc2cc1C(=O)c1ccc(F)cc1. The van der Waals surface area contributed by atoms with Gasteiger partial charge in [0, 0.05) is 5.56 Å². The van der Waals surface area contributed by atoms with E-state index in [1.165, 1.54) is 30.3 Å². The molecule has 0 spiro atoms. The Bertz CT molecular complexity index is 901. The van der Waals surface area contributed by atoms with Gasteiger partial charge >= 0.3 is 6.16 Å². The molecule has 23 heavy (non-hydrogen) atoms. The Hall–Kier alpha value is -3.21. The number of hydrogen-bond acceptors (Lipinski definition) is 3. The van der Waals surface area contributed by atoms with E-state index in [4.69, 9.17) is 9.84 Å². The first-order chi connectivity index (χ1) is 11.0. The fraction of sp³-hybridized carbons (Fsp3) is 0. The molecular formula is C18H11FO4. The van der Waals surface area contributed by atoms with E-state index in [1.807, 2.05) is 6.07 Å². The second-order valence-corrected chi connectivity index (χ2v) is 4.90. The summed E-state index contributed by atoms with van der Waals surface area (Å²) in [5.41, 5.74) is 0.356. The Morgan fingerprint density at radius 3 is 2.13 bits per heavy atom. The number of ketones is 1. The van der Waals surface area contributed by atoms with Crippen LogP contribution < -0.4 is 4.74 Å². The maximum Gasteiger partial charge on any atom is 0.511 e. The number of fused-ring (bicyclic) bond motifs is 1. The smallest absolute Gasteiger partial charge is 0.449 e. The molecule has 0 saturated carbocycles. The van der Waals surface area contributed by atoms with Crippen LogP contribution >= 0.6 is 0 Å². The highest BCUT2D eigenvalue weighted by molar-refractivity contribution is 6.12. The van der Waals surface area contributed by atoms with Crippen molar-refractivity contribution in [2.75, 3.05) is 0 Å². The van der Waals surface area contributed by atoms with Gasteiger partial charge in [-0.25, -0.2) is 9.18 Å². The summed E-state index contributed by atoms with van der Waals surface area (Å²) in [5.74, 6) is -0.945. The maximum absolute atomic E-state index is 13.0. The highest BCUT2D eigenvalue weighted by Gasteiger charge is 2.18. The van der Waals surface area contributed by atoms with Crippen LogP contribution in [0.2, 0.25) is 0 Å². The van der Waals surface area contributed by atoms with Crippen molar-refractivity contribution in [3.05, 3.63) is 77.6 Å². The molecule has 3 aromatic rings. The van der Waals surface area contributed by atoms with Crippen LogP contribution in [0.15, 0.2) is 60.7 Å². The third kappa shape index (κ3) is 3.03. The highest BCUT2D eigenvalue weighted by Crippen LogP contribution is 2.28. The number of carbonyl (C=O) groups excluding carboxylic acids is 1. The summed E-state index contributed by atoms with van der Waals surface area (Å²) >= 11 is 0. The van der Waals surface area contributed by atoms with E-state index < -0.39 is 17.8 Å². The van der Waals surface area contributed by atoms with Crippen LogP contribution in [0.1, 0.15) is 15.9 Å². The first-order valence-corrected chi connectivity index (χ1v) is 6.78. The van der Waals surface area contributed by atoms with Crippen LogP contribution in [0.25, 0.3) is 10.8 Å². The van der Waals surface area contributed by atoms with Gasteiger partial charge in [0.15, 0.2) is 5.78 Å². The van der Waals surface area contributed by atoms with E-state index in [1.54, 1.807) is 24.3 Å². The summed E-state index contributed by atoms with van der Waals surface area (Å²) in [5, 5.41) is 10.4. The van der Waals surface area contributed by atoms with Crippen molar-refractivity contribution in [2.45, 2.75) is 0 Å². The quantitative estimate of drug-likeness (QED) is 0.446. The molecule has 0 amide bonds. The minimum Gasteiger partial charge on any atom is -0.449 e. The van der Waals surface area contributed by atoms with Gasteiger partial charge < -0.3 is 9.84 Å². The molecule has 0 aliphatic heterocycles. The first-order valence-electron chi connectivity index (χ1n) is 6.78. The van der Waals surface area contributed by atoms with Gasteiger partial charge in [0.05, 0.1) is 5.56 Å². The average Bonchev–Trinajstić information content (AvgIpc) is 2.54. The van der Waals surface area contributed by atoms with Gasteiger partial charge in [-0.05, 0) is 47.2 Å². The van der Waals surface area contributed by atoms with Crippen molar-refractivity contribution in [3.63, 3.8) is 0 Å². The largest absolute Gasteiger partial charge is 0.511 e. The summed E-state index contributed by atoms with van der Waals surface area (Å²) < 4.78 is 17.7. The monoisotopic (exact) mass is 310 g/mol. The second-order valence-electron chi connectivity index (χ2n) is 4.90. The average molecular weight is 310 g/mol. The highest BCUT2D eigenvalue weighted by atomic mass is 19.1. The van der Waals surface area contributed by atoms with E-state index in [-0.39, 0.29) is 16.9 Å². The molecule has 0 saturated heterocycles. The minimum atomic E-state index is -1.51. The van der Waals surface area contributed by atoms with Crippen molar-refractivity contribution >= 4 is 22.7 Å². The van der Waals surface area contributed by atoms with Gasteiger partial charge in [-0.2, -0.15) is 0 Å². The molecule has 0 bridgehead atoms. The lowest BCUT2D eigenvalue weighted by Crippen LogP contribution is -2.09. The molecule has 0 unspecified atom stereocenters. The van der Waals surface area contributed by atoms with Crippen LogP contribution in [0.4, 0.5) is 9.18 Å². The number of carboxylic acid groups (broad SMARTS) is 1. The molecule has 0 heterocycles. The second kappa shape index (κ2) is 5.88. The number of benzene rings is 3. The summed E-state index contributed by atoms with van der Waals surface area (Å²) in [4.78, 5) is 23.5.